The van der Waals surface area contributed by atoms with Crippen molar-refractivity contribution in [1.82, 2.24) is 9.88 Å². The summed E-state index contributed by atoms with van der Waals surface area (Å²) >= 11 is 5.72. The Kier molecular flexibility index (Phi) is 17.1. The third kappa shape index (κ3) is 12.9. The summed E-state index contributed by atoms with van der Waals surface area (Å²) in [5.41, 5.74) is 5.14. The number of rotatable bonds is 10. The summed E-state index contributed by atoms with van der Waals surface area (Å²) in [6.07, 6.45) is 9.86. The molecule has 2 aromatic rings. The van der Waals surface area contributed by atoms with Crippen molar-refractivity contribution in [2.45, 2.75) is 79.6 Å². The molecule has 0 amide bonds. The molecule has 1 N–H and O–H groups in total. The van der Waals surface area contributed by atoms with Gasteiger partial charge in [0.15, 0.2) is 0 Å². The molecular formula is C31H50ClN3O2. The molecule has 1 saturated heterocycles. The molecule has 1 aromatic carbocycles. The first-order valence-electron chi connectivity index (χ1n) is 13.8. The van der Waals surface area contributed by atoms with Crippen molar-refractivity contribution in [3.05, 3.63) is 57.9 Å². The molecule has 0 spiro atoms. The van der Waals surface area contributed by atoms with Gasteiger partial charge in [0.1, 0.15) is 10.9 Å². The highest BCUT2D eigenvalue weighted by Gasteiger charge is 2.16. The number of piperidine rings is 1. The summed E-state index contributed by atoms with van der Waals surface area (Å²) in [6.45, 7) is 15.1. The lowest BCUT2D eigenvalue weighted by molar-refractivity contribution is 0.119. The van der Waals surface area contributed by atoms with Crippen LogP contribution in [-0.2, 0) is 11.2 Å². The van der Waals surface area contributed by atoms with Gasteiger partial charge in [-0.05, 0) is 87.4 Å². The number of nitrogens with zero attached hydrogens (tertiary/aromatic N) is 2. The molecule has 208 valence electrons. The van der Waals surface area contributed by atoms with Crippen LogP contribution in [0.1, 0.15) is 81.5 Å². The van der Waals surface area contributed by atoms with Gasteiger partial charge in [0.2, 0.25) is 0 Å². The topological polar surface area (TPSA) is 58.4 Å². The van der Waals surface area contributed by atoms with E-state index >= 15 is 0 Å². The molecule has 6 heteroatoms. The molecular weight excluding hydrogens is 482 g/mol. The molecule has 0 radical (unpaired) electrons. The van der Waals surface area contributed by atoms with Gasteiger partial charge >= 0.3 is 0 Å². The van der Waals surface area contributed by atoms with E-state index in [2.05, 4.69) is 55.8 Å². The molecule has 1 aliphatic heterocycles. The number of pyridine rings is 1. The van der Waals surface area contributed by atoms with Gasteiger partial charge in [-0.25, -0.2) is 4.98 Å². The Hall–Kier alpha value is -1.95. The molecule has 5 nitrogen and oxygen atoms in total. The molecule has 3 rings (SSSR count). The predicted molar refractivity (Wildman–Crippen MR) is 159 cm³/mol. The molecule has 1 aliphatic rings. The average molecular weight is 532 g/mol. The van der Waals surface area contributed by atoms with E-state index in [4.69, 9.17) is 26.5 Å². The number of ether oxygens (including phenoxy) is 2. The number of benzene rings is 1. The largest absolute Gasteiger partial charge is 0.496 e. The monoisotopic (exact) mass is 531 g/mol. The van der Waals surface area contributed by atoms with E-state index in [1.165, 1.54) is 49.9 Å². The van der Waals surface area contributed by atoms with Gasteiger partial charge in [0.05, 0.1) is 13.7 Å². The SMILES string of the molecule is CCC1CCN(CCOC)CC1.CCCC(=N)c1cnc(Cl)cc1C.CCCc1ccc(C)cc1OC. The van der Waals surface area contributed by atoms with Gasteiger partial charge in [0, 0.05) is 31.1 Å². The summed E-state index contributed by atoms with van der Waals surface area (Å²) < 4.78 is 10.3. The smallest absolute Gasteiger partial charge is 0.129 e. The Morgan fingerprint density at radius 3 is 2.32 bits per heavy atom. The average Bonchev–Trinajstić information content (AvgIpc) is 2.89. The molecule has 1 fully saturated rings. The van der Waals surface area contributed by atoms with Crippen LogP contribution in [0.2, 0.25) is 5.15 Å². The van der Waals surface area contributed by atoms with Crippen molar-refractivity contribution in [3.8, 4) is 5.75 Å². The van der Waals surface area contributed by atoms with Gasteiger partial charge in [-0.3, -0.25) is 0 Å². The van der Waals surface area contributed by atoms with E-state index < -0.39 is 0 Å². The quantitative estimate of drug-likeness (QED) is 0.250. The summed E-state index contributed by atoms with van der Waals surface area (Å²) in [6, 6.07) is 8.16. The number of likely N-dealkylation sites (tertiary alicyclic amines) is 1. The van der Waals surface area contributed by atoms with Crippen molar-refractivity contribution < 1.29 is 9.47 Å². The molecule has 2 heterocycles. The fourth-order valence-electron chi connectivity index (χ4n) is 4.39. The first-order chi connectivity index (χ1) is 17.8. The van der Waals surface area contributed by atoms with Crippen LogP contribution in [0.25, 0.3) is 0 Å². The highest BCUT2D eigenvalue weighted by atomic mass is 35.5. The van der Waals surface area contributed by atoms with Crippen molar-refractivity contribution in [3.63, 3.8) is 0 Å². The lowest BCUT2D eigenvalue weighted by atomic mass is 9.94. The van der Waals surface area contributed by atoms with Crippen LogP contribution in [0.5, 0.6) is 5.75 Å². The lowest BCUT2D eigenvalue weighted by Gasteiger charge is -2.31. The second-order valence-corrected chi connectivity index (χ2v) is 10.2. The number of aromatic nitrogens is 1. The number of aryl methyl sites for hydroxylation is 3. The van der Waals surface area contributed by atoms with Crippen LogP contribution in [-0.4, -0.2) is 56.1 Å². The third-order valence-corrected chi connectivity index (χ3v) is 6.97. The van der Waals surface area contributed by atoms with Crippen molar-refractivity contribution in [2.75, 3.05) is 40.5 Å². The predicted octanol–water partition coefficient (Wildman–Crippen LogP) is 7.92. The first-order valence-corrected chi connectivity index (χ1v) is 14.2. The summed E-state index contributed by atoms with van der Waals surface area (Å²) in [4.78, 5) is 6.48. The van der Waals surface area contributed by atoms with E-state index in [1.807, 2.05) is 6.92 Å². The minimum atomic E-state index is 0.491. The second kappa shape index (κ2) is 19.2. The highest BCUT2D eigenvalue weighted by molar-refractivity contribution is 6.29. The van der Waals surface area contributed by atoms with Crippen LogP contribution in [0, 0.1) is 25.2 Å². The van der Waals surface area contributed by atoms with Gasteiger partial charge < -0.3 is 19.8 Å². The Balaban J connectivity index is 0.000000278. The van der Waals surface area contributed by atoms with Crippen LogP contribution in [0.3, 0.4) is 0 Å². The van der Waals surface area contributed by atoms with Gasteiger partial charge in [-0.1, -0.05) is 63.8 Å². The van der Waals surface area contributed by atoms with Crippen LogP contribution in [0.15, 0.2) is 30.5 Å². The van der Waals surface area contributed by atoms with E-state index in [0.29, 0.717) is 10.9 Å². The molecule has 0 saturated carbocycles. The van der Waals surface area contributed by atoms with Crippen LogP contribution >= 0.6 is 11.6 Å². The van der Waals surface area contributed by atoms with Crippen molar-refractivity contribution in [2.24, 2.45) is 5.92 Å². The number of halogens is 1. The Morgan fingerprint density at radius 1 is 1.08 bits per heavy atom. The van der Waals surface area contributed by atoms with Gasteiger partial charge in [0.25, 0.3) is 0 Å². The minimum Gasteiger partial charge on any atom is -0.496 e. The van der Waals surface area contributed by atoms with E-state index in [9.17, 15) is 0 Å². The molecule has 0 aliphatic carbocycles. The van der Waals surface area contributed by atoms with E-state index in [1.54, 1.807) is 26.5 Å². The molecule has 0 atom stereocenters. The Labute approximate surface area is 231 Å². The maximum absolute atomic E-state index is 7.76. The van der Waals surface area contributed by atoms with Gasteiger partial charge in [-0.2, -0.15) is 0 Å². The summed E-state index contributed by atoms with van der Waals surface area (Å²) in [5, 5.41) is 8.25. The third-order valence-electron chi connectivity index (χ3n) is 6.76. The van der Waals surface area contributed by atoms with E-state index in [0.717, 1.165) is 55.2 Å². The standard InChI is InChI=1S/C11H16O.C10H13ClN2.C10H21NO/c1-4-5-10-7-6-9(2)8-11(10)12-3;1-3-4-9(12)8-6-13-10(11)5-7(8)2;1-3-10-4-6-11(7-5-10)8-9-12-2/h6-8H,4-5H2,1-3H3;5-6,12H,3-4H2,1-2H3;10H,3-9H2,1-2H3. The molecule has 37 heavy (non-hydrogen) atoms. The second-order valence-electron chi connectivity index (χ2n) is 9.80. The summed E-state index contributed by atoms with van der Waals surface area (Å²) in [5.74, 6) is 2.01. The molecule has 1 aromatic heterocycles. The van der Waals surface area contributed by atoms with Crippen LogP contribution in [0.4, 0.5) is 0 Å². The maximum atomic E-state index is 7.76. The normalized spacial score (nSPS) is 13.7. The number of hydrogen-bond donors (Lipinski definition) is 1. The molecule has 0 bridgehead atoms. The summed E-state index contributed by atoms with van der Waals surface area (Å²) in [7, 11) is 3.51. The number of hydrogen-bond acceptors (Lipinski definition) is 5. The van der Waals surface area contributed by atoms with Crippen LogP contribution < -0.4 is 4.74 Å². The Morgan fingerprint density at radius 2 is 1.78 bits per heavy atom. The lowest BCUT2D eigenvalue weighted by Crippen LogP contribution is -2.35. The highest BCUT2D eigenvalue weighted by Crippen LogP contribution is 2.21. The fourth-order valence-corrected chi connectivity index (χ4v) is 4.60. The van der Waals surface area contributed by atoms with E-state index in [-0.39, 0.29) is 0 Å². The Bertz CT molecular complexity index is 911. The zero-order chi connectivity index (χ0) is 27.6. The van der Waals surface area contributed by atoms with Crippen molar-refractivity contribution in [1.29, 1.82) is 5.41 Å². The number of nitrogens with one attached hydrogen (secondary N) is 1. The zero-order valence-electron chi connectivity index (χ0n) is 24.3. The zero-order valence-corrected chi connectivity index (χ0v) is 25.1. The minimum absolute atomic E-state index is 0.491. The number of methoxy groups -OCH3 is 2. The fraction of sp³-hybridized carbons (Fsp3) is 0.613. The molecule has 0 unspecified atom stereocenters. The first kappa shape index (κ1) is 33.1. The van der Waals surface area contributed by atoms with Gasteiger partial charge in [-0.15, -0.1) is 0 Å². The van der Waals surface area contributed by atoms with Crippen molar-refractivity contribution >= 4 is 17.3 Å². The maximum Gasteiger partial charge on any atom is 0.129 e.